The van der Waals surface area contributed by atoms with Gasteiger partial charge in [0.2, 0.25) is 0 Å². The summed E-state index contributed by atoms with van der Waals surface area (Å²) in [5.74, 6) is -2.60. The van der Waals surface area contributed by atoms with Gasteiger partial charge < -0.3 is 5.32 Å². The van der Waals surface area contributed by atoms with Crippen LogP contribution in [0.1, 0.15) is 5.56 Å². The molecule has 0 aliphatic heterocycles. The number of hydrogen-bond donors (Lipinski definition) is 2. The number of nitrogens with zero attached hydrogens (tertiary/aromatic N) is 1. The molecule has 0 unspecified atom stereocenters. The minimum atomic E-state index is -0.995. The van der Waals surface area contributed by atoms with Crippen LogP contribution in [0.4, 0.5) is 10.1 Å². The molecule has 2 aromatic rings. The molecule has 6 heteroatoms. The monoisotopic (exact) mass is 285 g/mol. The summed E-state index contributed by atoms with van der Waals surface area (Å²) in [6.45, 7) is 0. The topological polar surface area (TPSA) is 70.6 Å². The van der Waals surface area contributed by atoms with Crippen molar-refractivity contribution in [3.8, 4) is 0 Å². The van der Waals surface area contributed by atoms with Crippen LogP contribution in [0.5, 0.6) is 0 Å². The van der Waals surface area contributed by atoms with Crippen LogP contribution in [-0.2, 0) is 9.59 Å². The van der Waals surface area contributed by atoms with Gasteiger partial charge in [0.25, 0.3) is 0 Å². The Morgan fingerprint density at radius 3 is 2.33 bits per heavy atom. The van der Waals surface area contributed by atoms with Crippen molar-refractivity contribution in [1.82, 2.24) is 5.43 Å². The standard InChI is InChI=1S/C15H12FN3O2/c16-12-8-4-5-9-13(12)18-14(20)15(21)19-17-10-11-6-2-1-3-7-11/h1-10H,(H,18,20)(H,19,21)/b17-10+. The summed E-state index contributed by atoms with van der Waals surface area (Å²) in [6, 6.07) is 14.6. The van der Waals surface area contributed by atoms with Crippen molar-refractivity contribution in [2.75, 3.05) is 5.32 Å². The molecule has 5 nitrogen and oxygen atoms in total. The molecule has 2 amide bonds. The number of hydrazone groups is 1. The first kappa shape index (κ1) is 14.4. The summed E-state index contributed by atoms with van der Waals surface area (Å²) < 4.78 is 13.3. The van der Waals surface area contributed by atoms with Crippen LogP contribution in [0.2, 0.25) is 0 Å². The second-order valence-corrected chi connectivity index (χ2v) is 4.04. The van der Waals surface area contributed by atoms with E-state index in [0.29, 0.717) is 0 Å². The lowest BCUT2D eigenvalue weighted by atomic mass is 10.2. The van der Waals surface area contributed by atoms with Gasteiger partial charge in [-0.25, -0.2) is 9.82 Å². The summed E-state index contributed by atoms with van der Waals surface area (Å²) >= 11 is 0. The summed E-state index contributed by atoms with van der Waals surface area (Å²) in [6.07, 6.45) is 1.40. The average molecular weight is 285 g/mol. The maximum atomic E-state index is 13.3. The first-order chi connectivity index (χ1) is 10.2. The molecule has 2 aromatic carbocycles. The van der Waals surface area contributed by atoms with E-state index >= 15 is 0 Å². The van der Waals surface area contributed by atoms with Gasteiger partial charge in [0.1, 0.15) is 5.82 Å². The van der Waals surface area contributed by atoms with Crippen LogP contribution in [0.15, 0.2) is 59.7 Å². The molecule has 0 heterocycles. The summed E-state index contributed by atoms with van der Waals surface area (Å²) in [5, 5.41) is 5.81. The molecule has 0 radical (unpaired) electrons. The Morgan fingerprint density at radius 2 is 1.62 bits per heavy atom. The number of hydrogen-bond acceptors (Lipinski definition) is 3. The number of nitrogens with one attached hydrogen (secondary N) is 2. The predicted octanol–water partition coefficient (Wildman–Crippen LogP) is 1.91. The van der Waals surface area contributed by atoms with Gasteiger partial charge in [0, 0.05) is 0 Å². The fourth-order valence-electron chi connectivity index (χ4n) is 1.50. The fourth-order valence-corrected chi connectivity index (χ4v) is 1.50. The number of carbonyl (C=O) groups excluding carboxylic acids is 2. The number of anilines is 1. The van der Waals surface area contributed by atoms with Gasteiger partial charge in [-0.2, -0.15) is 5.10 Å². The number of halogens is 1. The molecule has 0 bridgehead atoms. The first-order valence-electron chi connectivity index (χ1n) is 6.11. The van der Waals surface area contributed by atoms with Gasteiger partial charge in [-0.3, -0.25) is 9.59 Å². The summed E-state index contributed by atoms with van der Waals surface area (Å²) in [5.41, 5.74) is 2.77. The third-order valence-corrected chi connectivity index (χ3v) is 2.51. The maximum absolute atomic E-state index is 13.3. The first-order valence-corrected chi connectivity index (χ1v) is 6.11. The SMILES string of the molecule is O=C(N/N=C/c1ccccc1)C(=O)Nc1ccccc1F. The van der Waals surface area contributed by atoms with E-state index in [1.165, 1.54) is 24.4 Å². The molecule has 0 fully saturated rings. The molecule has 0 aliphatic rings. The Balaban J connectivity index is 1.90. The van der Waals surface area contributed by atoms with Crippen molar-refractivity contribution < 1.29 is 14.0 Å². The quantitative estimate of drug-likeness (QED) is 0.514. The molecular weight excluding hydrogens is 273 g/mol. The smallest absolute Gasteiger partial charge is 0.315 e. The van der Waals surface area contributed by atoms with Crippen molar-refractivity contribution in [1.29, 1.82) is 0 Å². The van der Waals surface area contributed by atoms with Crippen molar-refractivity contribution in [2.45, 2.75) is 0 Å². The van der Waals surface area contributed by atoms with E-state index in [2.05, 4.69) is 15.8 Å². The normalized spacial score (nSPS) is 10.3. The van der Waals surface area contributed by atoms with E-state index in [-0.39, 0.29) is 5.69 Å². The molecule has 0 aliphatic carbocycles. The van der Waals surface area contributed by atoms with Crippen LogP contribution in [0.25, 0.3) is 0 Å². The van der Waals surface area contributed by atoms with Gasteiger partial charge >= 0.3 is 11.8 Å². The Hall–Kier alpha value is -3.02. The molecule has 0 spiro atoms. The highest BCUT2D eigenvalue weighted by Crippen LogP contribution is 2.11. The number of para-hydroxylation sites is 1. The van der Waals surface area contributed by atoms with E-state index < -0.39 is 17.6 Å². The van der Waals surface area contributed by atoms with Crippen molar-refractivity contribution in [2.24, 2.45) is 5.10 Å². The van der Waals surface area contributed by atoms with E-state index in [4.69, 9.17) is 0 Å². The minimum absolute atomic E-state index is 0.0651. The van der Waals surface area contributed by atoms with Gasteiger partial charge in [-0.05, 0) is 17.7 Å². The molecular formula is C15H12FN3O2. The van der Waals surface area contributed by atoms with E-state index in [1.54, 1.807) is 18.2 Å². The highest BCUT2D eigenvalue weighted by atomic mass is 19.1. The zero-order valence-corrected chi connectivity index (χ0v) is 10.9. The molecule has 0 aromatic heterocycles. The highest BCUT2D eigenvalue weighted by Gasteiger charge is 2.14. The molecule has 21 heavy (non-hydrogen) atoms. The molecule has 0 saturated heterocycles. The minimum Gasteiger partial charge on any atom is -0.315 e. The highest BCUT2D eigenvalue weighted by molar-refractivity contribution is 6.39. The van der Waals surface area contributed by atoms with Crippen LogP contribution < -0.4 is 10.7 Å². The Bertz CT molecular complexity index is 672. The average Bonchev–Trinajstić information content (AvgIpc) is 2.50. The second-order valence-electron chi connectivity index (χ2n) is 4.04. The second kappa shape index (κ2) is 6.95. The van der Waals surface area contributed by atoms with Crippen LogP contribution >= 0.6 is 0 Å². The van der Waals surface area contributed by atoms with Gasteiger partial charge in [0.15, 0.2) is 0 Å². The predicted molar refractivity (Wildman–Crippen MR) is 77.2 cm³/mol. The largest absolute Gasteiger partial charge is 0.329 e. The fraction of sp³-hybridized carbons (Fsp3) is 0. The lowest BCUT2D eigenvalue weighted by molar-refractivity contribution is -0.136. The third-order valence-electron chi connectivity index (χ3n) is 2.51. The Kier molecular flexibility index (Phi) is 4.76. The van der Waals surface area contributed by atoms with Crippen molar-refractivity contribution >= 4 is 23.7 Å². The number of amides is 2. The Morgan fingerprint density at radius 1 is 0.952 bits per heavy atom. The van der Waals surface area contributed by atoms with Gasteiger partial charge in [-0.1, -0.05) is 42.5 Å². The lowest BCUT2D eigenvalue weighted by Gasteiger charge is -2.04. The molecule has 0 atom stereocenters. The van der Waals surface area contributed by atoms with Gasteiger partial charge in [0.05, 0.1) is 11.9 Å². The van der Waals surface area contributed by atoms with Crippen LogP contribution in [0, 0.1) is 5.82 Å². The third kappa shape index (κ3) is 4.24. The Labute approximate surface area is 120 Å². The van der Waals surface area contributed by atoms with Crippen molar-refractivity contribution in [3.63, 3.8) is 0 Å². The molecule has 2 N–H and O–H groups in total. The van der Waals surface area contributed by atoms with E-state index in [9.17, 15) is 14.0 Å². The van der Waals surface area contributed by atoms with E-state index in [0.717, 1.165) is 5.56 Å². The summed E-state index contributed by atoms with van der Waals surface area (Å²) in [4.78, 5) is 23.0. The van der Waals surface area contributed by atoms with Gasteiger partial charge in [-0.15, -0.1) is 0 Å². The van der Waals surface area contributed by atoms with Crippen LogP contribution in [-0.4, -0.2) is 18.0 Å². The molecule has 2 rings (SSSR count). The maximum Gasteiger partial charge on any atom is 0.329 e. The lowest BCUT2D eigenvalue weighted by Crippen LogP contribution is -2.32. The summed E-state index contributed by atoms with van der Waals surface area (Å²) in [7, 11) is 0. The zero-order chi connectivity index (χ0) is 15.1. The molecule has 0 saturated carbocycles. The number of benzene rings is 2. The molecule has 106 valence electrons. The van der Waals surface area contributed by atoms with Crippen LogP contribution in [0.3, 0.4) is 0 Å². The zero-order valence-electron chi connectivity index (χ0n) is 10.9. The van der Waals surface area contributed by atoms with E-state index in [1.807, 2.05) is 18.2 Å². The number of rotatable bonds is 3. The number of carbonyl (C=O) groups is 2. The van der Waals surface area contributed by atoms with Crippen molar-refractivity contribution in [3.05, 3.63) is 66.0 Å².